The molecule has 22 heavy (non-hydrogen) atoms. The number of nitrogens with zero attached hydrogens (tertiary/aromatic N) is 1. The van der Waals surface area contributed by atoms with Crippen molar-refractivity contribution in [2.24, 2.45) is 0 Å². The first-order valence-electron chi connectivity index (χ1n) is 6.69. The summed E-state index contributed by atoms with van der Waals surface area (Å²) in [4.78, 5) is 20.7. The van der Waals surface area contributed by atoms with E-state index in [9.17, 15) is 4.79 Å². The lowest BCUT2D eigenvalue weighted by atomic mass is 10.3. The Balaban J connectivity index is 1.54. The van der Waals surface area contributed by atoms with Crippen LogP contribution in [0.4, 0.5) is 0 Å². The van der Waals surface area contributed by atoms with Crippen molar-refractivity contribution in [3.63, 3.8) is 0 Å². The van der Waals surface area contributed by atoms with E-state index in [1.165, 1.54) is 22.2 Å². The maximum absolute atomic E-state index is 11.9. The normalized spacial score (nSPS) is 11.0. The van der Waals surface area contributed by atoms with E-state index < -0.39 is 0 Å². The molecule has 2 aromatic heterocycles. The first kappa shape index (κ1) is 15.4. The van der Waals surface area contributed by atoms with E-state index >= 15 is 0 Å². The number of aryl methyl sites for hydroxylation is 1. The summed E-state index contributed by atoms with van der Waals surface area (Å²) in [5, 5.41) is 6.35. The minimum absolute atomic E-state index is 0.00344. The van der Waals surface area contributed by atoms with Crippen molar-refractivity contribution < 1.29 is 4.79 Å². The van der Waals surface area contributed by atoms with Gasteiger partial charge in [0.1, 0.15) is 0 Å². The molecular weight excluding hydrogens is 338 g/mol. The van der Waals surface area contributed by atoms with Crippen LogP contribution < -0.4 is 5.32 Å². The average molecular weight is 352 g/mol. The molecule has 0 fully saturated rings. The molecule has 0 saturated carbocycles. The third kappa shape index (κ3) is 3.63. The smallest absolute Gasteiger partial charge is 0.230 e. The second-order valence-corrected chi connectivity index (χ2v) is 7.20. The van der Waals surface area contributed by atoms with Crippen molar-refractivity contribution in [2.45, 2.75) is 18.6 Å². The first-order chi connectivity index (χ1) is 10.6. The fourth-order valence-electron chi connectivity index (χ4n) is 1.98. The number of thioether (sulfide) groups is 1. The summed E-state index contributed by atoms with van der Waals surface area (Å²) in [6, 6.07) is 7.54. The Labute approximate surface area is 141 Å². The number of halogens is 1. The minimum atomic E-state index is -0.00344. The number of carbonyl (C=O) groups is 1. The number of carbonyl (C=O) groups excluding carboxylic acids is 1. The van der Waals surface area contributed by atoms with Crippen molar-refractivity contribution >= 4 is 51.6 Å². The van der Waals surface area contributed by atoms with Crippen LogP contribution in [0, 0.1) is 6.92 Å². The average Bonchev–Trinajstić information content (AvgIpc) is 3.08. The molecule has 0 aliphatic heterocycles. The highest BCUT2D eigenvalue weighted by Gasteiger charge is 2.08. The molecule has 1 aromatic carbocycles. The predicted octanol–water partition coefficient (Wildman–Crippen LogP) is 3.99. The quantitative estimate of drug-likeness (QED) is 0.683. The molecule has 2 heterocycles. The summed E-state index contributed by atoms with van der Waals surface area (Å²) in [6.07, 6.45) is 0. The molecule has 1 amide bonds. The summed E-state index contributed by atoms with van der Waals surface area (Å²) in [5.74, 6) is 0.328. The lowest BCUT2D eigenvalue weighted by Gasteiger charge is -2.03. The molecule has 0 bridgehead atoms. The Morgan fingerprint density at radius 1 is 1.45 bits per heavy atom. The van der Waals surface area contributed by atoms with Gasteiger partial charge >= 0.3 is 0 Å². The van der Waals surface area contributed by atoms with Crippen molar-refractivity contribution in [1.29, 1.82) is 0 Å². The zero-order valence-corrected chi connectivity index (χ0v) is 14.2. The van der Waals surface area contributed by atoms with Crippen LogP contribution >= 0.6 is 34.7 Å². The number of benzene rings is 1. The van der Waals surface area contributed by atoms with Crippen LogP contribution in [0.3, 0.4) is 0 Å². The van der Waals surface area contributed by atoms with E-state index in [4.69, 9.17) is 11.6 Å². The molecule has 0 unspecified atom stereocenters. The van der Waals surface area contributed by atoms with E-state index in [0.717, 1.165) is 16.2 Å². The number of thiophene rings is 1. The maximum atomic E-state index is 11.9. The molecule has 3 aromatic rings. The summed E-state index contributed by atoms with van der Waals surface area (Å²) in [5.41, 5.74) is 2.94. The molecule has 0 spiro atoms. The van der Waals surface area contributed by atoms with E-state index in [1.807, 2.05) is 24.4 Å². The SMILES string of the molecule is Cc1ccsc1CNC(=O)CSc1nc2ccc(Cl)cc2[nH]1. The fourth-order valence-corrected chi connectivity index (χ4v) is 3.71. The molecule has 0 atom stereocenters. The van der Waals surface area contributed by atoms with E-state index in [0.29, 0.717) is 17.3 Å². The molecule has 3 rings (SSSR count). The number of fused-ring (bicyclic) bond motifs is 1. The second-order valence-electron chi connectivity index (χ2n) is 4.80. The van der Waals surface area contributed by atoms with Gasteiger partial charge in [0.15, 0.2) is 5.16 Å². The van der Waals surface area contributed by atoms with Gasteiger partial charge in [-0.05, 0) is 42.1 Å². The van der Waals surface area contributed by atoms with Crippen molar-refractivity contribution in [3.05, 3.63) is 45.1 Å². The van der Waals surface area contributed by atoms with E-state index in [1.54, 1.807) is 17.4 Å². The van der Waals surface area contributed by atoms with Crippen LogP contribution in [0.2, 0.25) is 5.02 Å². The highest BCUT2D eigenvalue weighted by molar-refractivity contribution is 7.99. The van der Waals surface area contributed by atoms with Gasteiger partial charge in [0, 0.05) is 9.90 Å². The zero-order chi connectivity index (χ0) is 15.5. The van der Waals surface area contributed by atoms with Crippen LogP contribution in [-0.4, -0.2) is 21.6 Å². The molecule has 114 valence electrons. The Bertz CT molecular complexity index is 812. The van der Waals surface area contributed by atoms with Crippen molar-refractivity contribution in [2.75, 3.05) is 5.75 Å². The third-order valence-electron chi connectivity index (χ3n) is 3.18. The Hall–Kier alpha value is -1.50. The van der Waals surface area contributed by atoms with E-state index in [2.05, 4.69) is 21.4 Å². The lowest BCUT2D eigenvalue weighted by molar-refractivity contribution is -0.118. The molecule has 7 heteroatoms. The van der Waals surface area contributed by atoms with Gasteiger partial charge in [0.05, 0.1) is 23.3 Å². The van der Waals surface area contributed by atoms with Gasteiger partial charge in [0.2, 0.25) is 5.91 Å². The highest BCUT2D eigenvalue weighted by atomic mass is 35.5. The maximum Gasteiger partial charge on any atom is 0.230 e. The van der Waals surface area contributed by atoms with Crippen molar-refractivity contribution in [3.8, 4) is 0 Å². The van der Waals surface area contributed by atoms with Gasteiger partial charge in [0.25, 0.3) is 0 Å². The molecule has 0 radical (unpaired) electrons. The van der Waals surface area contributed by atoms with Crippen LogP contribution in [0.15, 0.2) is 34.8 Å². The Morgan fingerprint density at radius 2 is 2.32 bits per heavy atom. The van der Waals surface area contributed by atoms with E-state index in [-0.39, 0.29) is 5.91 Å². The van der Waals surface area contributed by atoms with Crippen molar-refractivity contribution in [1.82, 2.24) is 15.3 Å². The van der Waals surface area contributed by atoms with Crippen LogP contribution in [-0.2, 0) is 11.3 Å². The number of hydrogen-bond acceptors (Lipinski definition) is 4. The van der Waals surface area contributed by atoms with Crippen LogP contribution in [0.25, 0.3) is 11.0 Å². The number of imidazole rings is 1. The number of rotatable bonds is 5. The molecule has 0 aliphatic rings. The number of amides is 1. The fraction of sp³-hybridized carbons (Fsp3) is 0.200. The van der Waals surface area contributed by atoms with Gasteiger partial charge in [-0.25, -0.2) is 4.98 Å². The van der Waals surface area contributed by atoms with Gasteiger partial charge in [-0.2, -0.15) is 0 Å². The number of nitrogens with one attached hydrogen (secondary N) is 2. The number of aromatic amines is 1. The largest absolute Gasteiger partial charge is 0.350 e. The van der Waals surface area contributed by atoms with Crippen LogP contribution in [0.5, 0.6) is 0 Å². The third-order valence-corrected chi connectivity index (χ3v) is 5.31. The lowest BCUT2D eigenvalue weighted by Crippen LogP contribution is -2.24. The molecular formula is C15H14ClN3OS2. The summed E-state index contributed by atoms with van der Waals surface area (Å²) >= 11 is 8.98. The Morgan fingerprint density at radius 3 is 3.09 bits per heavy atom. The highest BCUT2D eigenvalue weighted by Crippen LogP contribution is 2.22. The minimum Gasteiger partial charge on any atom is -0.350 e. The number of hydrogen-bond donors (Lipinski definition) is 2. The zero-order valence-electron chi connectivity index (χ0n) is 11.9. The van der Waals surface area contributed by atoms with Gasteiger partial charge in [-0.3, -0.25) is 4.79 Å². The van der Waals surface area contributed by atoms with Gasteiger partial charge in [-0.15, -0.1) is 11.3 Å². The molecule has 0 saturated heterocycles. The summed E-state index contributed by atoms with van der Waals surface area (Å²) in [6.45, 7) is 2.63. The topological polar surface area (TPSA) is 57.8 Å². The molecule has 0 aliphatic carbocycles. The van der Waals surface area contributed by atoms with Gasteiger partial charge in [-0.1, -0.05) is 23.4 Å². The second kappa shape index (κ2) is 6.73. The summed E-state index contributed by atoms with van der Waals surface area (Å²) in [7, 11) is 0. The molecule has 2 N–H and O–H groups in total. The Kier molecular flexibility index (Phi) is 4.71. The monoisotopic (exact) mass is 351 g/mol. The van der Waals surface area contributed by atoms with Crippen LogP contribution in [0.1, 0.15) is 10.4 Å². The molecule has 4 nitrogen and oxygen atoms in total. The predicted molar refractivity (Wildman–Crippen MR) is 92.7 cm³/mol. The summed E-state index contributed by atoms with van der Waals surface area (Å²) < 4.78 is 0. The number of H-pyrrole nitrogens is 1. The standard InChI is InChI=1S/C15H14ClN3OS2/c1-9-4-5-21-13(9)7-17-14(20)8-22-15-18-11-3-2-10(16)6-12(11)19-15/h2-6H,7-8H2,1H3,(H,17,20)(H,18,19). The van der Waals surface area contributed by atoms with Gasteiger partial charge < -0.3 is 10.3 Å². The number of aromatic nitrogens is 2. The first-order valence-corrected chi connectivity index (χ1v) is 8.94.